The molecule has 0 unspecified atom stereocenters. The Morgan fingerprint density at radius 2 is 2.09 bits per heavy atom. The van der Waals surface area contributed by atoms with E-state index in [0.717, 1.165) is 5.69 Å². The quantitative estimate of drug-likeness (QED) is 0.795. The van der Waals surface area contributed by atoms with E-state index in [0.29, 0.717) is 25.6 Å². The third kappa shape index (κ3) is 4.70. The second-order valence-corrected chi connectivity index (χ2v) is 4.90. The van der Waals surface area contributed by atoms with Crippen molar-refractivity contribution in [3.8, 4) is 0 Å². The average Bonchev–Trinajstić information content (AvgIpc) is 2.54. The normalized spacial score (nSPS) is 10.0. The van der Waals surface area contributed by atoms with Gasteiger partial charge in [0.1, 0.15) is 0 Å². The molecule has 0 saturated carbocycles. The van der Waals surface area contributed by atoms with Crippen molar-refractivity contribution in [2.75, 3.05) is 18.0 Å². The van der Waals surface area contributed by atoms with Gasteiger partial charge in [-0.25, -0.2) is 9.97 Å². The standard InChI is InChI=1S/C17H20N4O/c1-3-16(22)18-11-12-21(13-15-7-5-4-6-8-15)17-19-10-9-14(2)20-17/h3-10H,1,11-13H2,2H3,(H,18,22). The number of nitrogens with one attached hydrogen (secondary N) is 1. The summed E-state index contributed by atoms with van der Waals surface area (Å²) >= 11 is 0. The molecule has 22 heavy (non-hydrogen) atoms. The van der Waals surface area contributed by atoms with Crippen LogP contribution in [-0.2, 0) is 11.3 Å². The van der Waals surface area contributed by atoms with E-state index in [4.69, 9.17) is 0 Å². The first-order valence-corrected chi connectivity index (χ1v) is 7.18. The SMILES string of the molecule is C=CC(=O)NCCN(Cc1ccccc1)c1nccc(C)n1. The second kappa shape index (κ2) is 7.93. The van der Waals surface area contributed by atoms with Gasteiger partial charge < -0.3 is 10.2 Å². The van der Waals surface area contributed by atoms with Gasteiger partial charge in [-0.1, -0.05) is 36.9 Å². The molecule has 1 heterocycles. The summed E-state index contributed by atoms with van der Waals surface area (Å²) in [6.45, 7) is 7.20. The molecular formula is C17H20N4O. The molecule has 5 heteroatoms. The fraction of sp³-hybridized carbons (Fsp3) is 0.235. The third-order valence-corrected chi connectivity index (χ3v) is 3.15. The Hall–Kier alpha value is -2.69. The molecule has 0 aliphatic heterocycles. The molecule has 1 aromatic heterocycles. The summed E-state index contributed by atoms with van der Waals surface area (Å²) in [6, 6.07) is 12.0. The van der Waals surface area contributed by atoms with E-state index in [1.807, 2.05) is 36.1 Å². The Bertz CT molecular complexity index is 628. The highest BCUT2D eigenvalue weighted by atomic mass is 16.1. The van der Waals surface area contributed by atoms with Crippen molar-refractivity contribution < 1.29 is 4.79 Å². The van der Waals surface area contributed by atoms with Crippen molar-refractivity contribution in [3.63, 3.8) is 0 Å². The van der Waals surface area contributed by atoms with Gasteiger partial charge in [0.2, 0.25) is 11.9 Å². The molecule has 114 valence electrons. The first kappa shape index (κ1) is 15.7. The molecule has 2 rings (SSSR count). The number of carbonyl (C=O) groups is 1. The molecule has 1 amide bonds. The topological polar surface area (TPSA) is 58.1 Å². The van der Waals surface area contributed by atoms with E-state index in [1.54, 1.807) is 6.20 Å². The number of rotatable bonds is 7. The van der Waals surface area contributed by atoms with Gasteiger partial charge in [-0.3, -0.25) is 4.79 Å². The van der Waals surface area contributed by atoms with Gasteiger partial charge in [-0.2, -0.15) is 0 Å². The van der Waals surface area contributed by atoms with Gasteiger partial charge in [0.05, 0.1) is 0 Å². The molecule has 2 aromatic rings. The second-order valence-electron chi connectivity index (χ2n) is 4.90. The van der Waals surface area contributed by atoms with Gasteiger partial charge in [0.15, 0.2) is 0 Å². The van der Waals surface area contributed by atoms with Crippen LogP contribution >= 0.6 is 0 Å². The molecule has 0 bridgehead atoms. The first-order valence-electron chi connectivity index (χ1n) is 7.18. The van der Waals surface area contributed by atoms with Gasteiger partial charge in [-0.05, 0) is 24.6 Å². The lowest BCUT2D eigenvalue weighted by Crippen LogP contribution is -2.35. The molecule has 0 spiro atoms. The molecule has 0 saturated heterocycles. The van der Waals surface area contributed by atoms with Crippen LogP contribution in [0.25, 0.3) is 0 Å². The zero-order valence-corrected chi connectivity index (χ0v) is 12.7. The number of aryl methyl sites for hydroxylation is 1. The largest absolute Gasteiger partial charge is 0.351 e. The van der Waals surface area contributed by atoms with Crippen molar-refractivity contribution in [1.29, 1.82) is 0 Å². The van der Waals surface area contributed by atoms with Crippen molar-refractivity contribution in [2.45, 2.75) is 13.5 Å². The Kier molecular flexibility index (Phi) is 5.65. The molecule has 0 radical (unpaired) electrons. The fourth-order valence-corrected chi connectivity index (χ4v) is 2.03. The Morgan fingerprint density at radius 3 is 2.77 bits per heavy atom. The van der Waals surface area contributed by atoms with E-state index in [1.165, 1.54) is 11.6 Å². The average molecular weight is 296 g/mol. The van der Waals surface area contributed by atoms with E-state index in [-0.39, 0.29) is 5.91 Å². The molecule has 0 atom stereocenters. The van der Waals surface area contributed by atoms with E-state index in [2.05, 4.69) is 34.0 Å². The zero-order valence-electron chi connectivity index (χ0n) is 12.7. The minimum absolute atomic E-state index is 0.176. The number of carbonyl (C=O) groups excluding carboxylic acids is 1. The summed E-state index contributed by atoms with van der Waals surface area (Å²) in [6.07, 6.45) is 3.02. The minimum Gasteiger partial charge on any atom is -0.351 e. The maximum atomic E-state index is 11.3. The number of aromatic nitrogens is 2. The number of anilines is 1. The summed E-state index contributed by atoms with van der Waals surface area (Å²) in [5.74, 6) is 0.488. The summed E-state index contributed by atoms with van der Waals surface area (Å²) in [5.41, 5.74) is 2.08. The highest BCUT2D eigenvalue weighted by molar-refractivity contribution is 5.86. The molecule has 0 fully saturated rings. The monoisotopic (exact) mass is 296 g/mol. The highest BCUT2D eigenvalue weighted by Crippen LogP contribution is 2.12. The van der Waals surface area contributed by atoms with Crippen molar-refractivity contribution in [3.05, 3.63) is 66.5 Å². The minimum atomic E-state index is -0.176. The van der Waals surface area contributed by atoms with Gasteiger partial charge >= 0.3 is 0 Å². The van der Waals surface area contributed by atoms with Crippen LogP contribution in [-0.4, -0.2) is 29.0 Å². The van der Waals surface area contributed by atoms with Crippen LogP contribution in [0.4, 0.5) is 5.95 Å². The Balaban J connectivity index is 2.09. The number of hydrogen-bond acceptors (Lipinski definition) is 4. The summed E-state index contributed by atoms with van der Waals surface area (Å²) < 4.78 is 0. The van der Waals surface area contributed by atoms with Gasteiger partial charge in [-0.15, -0.1) is 0 Å². The first-order chi connectivity index (χ1) is 10.7. The number of amides is 1. The summed E-state index contributed by atoms with van der Waals surface area (Å²) in [4.78, 5) is 22.1. The van der Waals surface area contributed by atoms with Crippen LogP contribution in [0.2, 0.25) is 0 Å². The van der Waals surface area contributed by atoms with Gasteiger partial charge in [0, 0.05) is 31.5 Å². The Morgan fingerprint density at radius 1 is 1.32 bits per heavy atom. The predicted molar refractivity (Wildman–Crippen MR) is 87.5 cm³/mol. The van der Waals surface area contributed by atoms with Crippen LogP contribution in [0.15, 0.2) is 55.3 Å². The van der Waals surface area contributed by atoms with Crippen LogP contribution in [0.3, 0.4) is 0 Å². The van der Waals surface area contributed by atoms with Crippen LogP contribution in [0.5, 0.6) is 0 Å². The number of nitrogens with zero attached hydrogens (tertiary/aromatic N) is 3. The lowest BCUT2D eigenvalue weighted by molar-refractivity contribution is -0.116. The van der Waals surface area contributed by atoms with Crippen LogP contribution in [0, 0.1) is 6.92 Å². The van der Waals surface area contributed by atoms with Gasteiger partial charge in [0.25, 0.3) is 0 Å². The molecule has 1 aromatic carbocycles. The molecule has 5 nitrogen and oxygen atoms in total. The van der Waals surface area contributed by atoms with Crippen LogP contribution < -0.4 is 10.2 Å². The van der Waals surface area contributed by atoms with Crippen LogP contribution in [0.1, 0.15) is 11.3 Å². The van der Waals surface area contributed by atoms with Crippen molar-refractivity contribution >= 4 is 11.9 Å². The maximum Gasteiger partial charge on any atom is 0.243 e. The summed E-state index contributed by atoms with van der Waals surface area (Å²) in [7, 11) is 0. The molecule has 0 aliphatic carbocycles. The molecule has 1 N–H and O–H groups in total. The maximum absolute atomic E-state index is 11.3. The van der Waals surface area contributed by atoms with Crippen molar-refractivity contribution in [2.24, 2.45) is 0 Å². The van der Waals surface area contributed by atoms with E-state index in [9.17, 15) is 4.79 Å². The summed E-state index contributed by atoms with van der Waals surface area (Å²) in [5, 5.41) is 2.78. The van der Waals surface area contributed by atoms with E-state index >= 15 is 0 Å². The number of benzene rings is 1. The fourth-order valence-electron chi connectivity index (χ4n) is 2.03. The lowest BCUT2D eigenvalue weighted by Gasteiger charge is -2.23. The lowest BCUT2D eigenvalue weighted by atomic mass is 10.2. The smallest absolute Gasteiger partial charge is 0.243 e. The third-order valence-electron chi connectivity index (χ3n) is 3.15. The highest BCUT2D eigenvalue weighted by Gasteiger charge is 2.10. The predicted octanol–water partition coefficient (Wildman–Crippen LogP) is 2.09. The van der Waals surface area contributed by atoms with Crippen molar-refractivity contribution in [1.82, 2.24) is 15.3 Å². The molecule has 0 aliphatic rings. The van der Waals surface area contributed by atoms with E-state index < -0.39 is 0 Å². The number of hydrogen-bond donors (Lipinski definition) is 1. The Labute approximate surface area is 130 Å². The molecular weight excluding hydrogens is 276 g/mol. The zero-order chi connectivity index (χ0) is 15.8.